The molecule has 1 aliphatic heterocycles. The molecule has 128 valence electrons. The van der Waals surface area contributed by atoms with Crippen molar-refractivity contribution in [3.63, 3.8) is 0 Å². The number of nitrogens with one attached hydrogen (secondary N) is 1. The zero-order valence-corrected chi connectivity index (χ0v) is 15.5. The highest BCUT2D eigenvalue weighted by Crippen LogP contribution is 2.29. The van der Waals surface area contributed by atoms with E-state index in [0.717, 1.165) is 29.7 Å². The summed E-state index contributed by atoms with van der Waals surface area (Å²) < 4.78 is 26.9. The van der Waals surface area contributed by atoms with Gasteiger partial charge in [0.2, 0.25) is 10.0 Å². The monoisotopic (exact) mass is 384 g/mol. The quantitative estimate of drug-likeness (QED) is 0.872. The number of hydrogen-bond donors (Lipinski definition) is 1. The number of carbonyl (C=O) groups is 1. The largest absolute Gasteiger partial charge is 0.320 e. The number of sulfonamides is 1. The van der Waals surface area contributed by atoms with Crippen LogP contribution >= 0.6 is 22.9 Å². The minimum absolute atomic E-state index is 0.0649. The molecule has 2 heterocycles. The van der Waals surface area contributed by atoms with Crippen molar-refractivity contribution >= 4 is 44.6 Å². The number of hydrogen-bond acceptors (Lipinski definition) is 4. The lowest BCUT2D eigenvalue weighted by Gasteiger charge is -2.15. The third kappa shape index (κ3) is 3.35. The Morgan fingerprint density at radius 2 is 1.96 bits per heavy atom. The highest BCUT2D eigenvalue weighted by atomic mass is 35.5. The maximum Gasteiger partial charge on any atom is 0.267 e. The van der Waals surface area contributed by atoms with Gasteiger partial charge in [0.1, 0.15) is 9.77 Å². The fourth-order valence-corrected chi connectivity index (χ4v) is 5.73. The Morgan fingerprint density at radius 3 is 2.62 bits per heavy atom. The van der Waals surface area contributed by atoms with Crippen molar-refractivity contribution in [1.82, 2.24) is 4.31 Å². The minimum atomic E-state index is -3.63. The molecule has 3 rings (SSSR count). The SMILES string of the molecule is Cc1ccc(NC(=O)c2sccc2S(=O)(=O)N2CCCC2)c(Cl)c1. The van der Waals surface area contributed by atoms with Crippen LogP contribution in [-0.4, -0.2) is 31.7 Å². The number of rotatable bonds is 4. The van der Waals surface area contributed by atoms with Crippen LogP contribution in [0, 0.1) is 6.92 Å². The Bertz CT molecular complexity index is 871. The summed E-state index contributed by atoms with van der Waals surface area (Å²) in [6, 6.07) is 6.77. The molecule has 0 bridgehead atoms. The Morgan fingerprint density at radius 1 is 1.25 bits per heavy atom. The summed E-state index contributed by atoms with van der Waals surface area (Å²) in [5.74, 6) is -0.464. The van der Waals surface area contributed by atoms with Crippen molar-refractivity contribution < 1.29 is 13.2 Å². The number of nitrogens with zero attached hydrogens (tertiary/aromatic N) is 1. The first-order valence-corrected chi connectivity index (χ1v) is 10.2. The second kappa shape index (κ2) is 6.84. The van der Waals surface area contributed by atoms with Crippen LogP contribution in [0.4, 0.5) is 5.69 Å². The van der Waals surface area contributed by atoms with E-state index in [9.17, 15) is 13.2 Å². The molecule has 1 fully saturated rings. The summed E-state index contributed by atoms with van der Waals surface area (Å²) in [4.78, 5) is 12.8. The van der Waals surface area contributed by atoms with Crippen molar-refractivity contribution in [3.05, 3.63) is 45.1 Å². The lowest BCUT2D eigenvalue weighted by Crippen LogP contribution is -2.29. The van der Waals surface area contributed by atoms with Crippen LogP contribution in [0.5, 0.6) is 0 Å². The third-order valence-electron chi connectivity index (χ3n) is 3.89. The Kier molecular flexibility index (Phi) is 4.96. The van der Waals surface area contributed by atoms with Crippen molar-refractivity contribution in [2.24, 2.45) is 0 Å². The predicted octanol–water partition coefficient (Wildman–Crippen LogP) is 3.75. The predicted molar refractivity (Wildman–Crippen MR) is 96.5 cm³/mol. The van der Waals surface area contributed by atoms with Crippen LogP contribution in [0.25, 0.3) is 0 Å². The van der Waals surface area contributed by atoms with Crippen molar-refractivity contribution in [3.8, 4) is 0 Å². The molecule has 1 aromatic heterocycles. The second-order valence-corrected chi connectivity index (χ2v) is 8.89. The molecule has 0 aliphatic carbocycles. The highest BCUT2D eigenvalue weighted by molar-refractivity contribution is 7.89. The van der Waals surface area contributed by atoms with Crippen LogP contribution in [-0.2, 0) is 10.0 Å². The molecule has 0 atom stereocenters. The summed E-state index contributed by atoms with van der Waals surface area (Å²) in [5.41, 5.74) is 1.44. The van der Waals surface area contributed by atoms with Crippen molar-refractivity contribution in [1.29, 1.82) is 0 Å². The first-order chi connectivity index (χ1) is 11.4. The Balaban J connectivity index is 1.88. The van der Waals surface area contributed by atoms with Gasteiger partial charge in [0.15, 0.2) is 0 Å². The number of halogens is 1. The van der Waals surface area contributed by atoms with Gasteiger partial charge in [-0.3, -0.25) is 4.79 Å². The van der Waals surface area contributed by atoms with Gasteiger partial charge in [-0.25, -0.2) is 8.42 Å². The van der Waals surface area contributed by atoms with Crippen LogP contribution in [0.3, 0.4) is 0 Å². The van der Waals surface area contributed by atoms with Gasteiger partial charge in [-0.15, -0.1) is 11.3 Å². The van der Waals surface area contributed by atoms with Gasteiger partial charge in [-0.1, -0.05) is 17.7 Å². The number of thiophene rings is 1. The maximum absolute atomic E-state index is 12.7. The molecule has 0 spiro atoms. The highest BCUT2D eigenvalue weighted by Gasteiger charge is 2.31. The zero-order valence-electron chi connectivity index (χ0n) is 13.1. The molecule has 1 N–H and O–H groups in total. The first-order valence-electron chi connectivity index (χ1n) is 7.55. The average molecular weight is 385 g/mol. The van der Waals surface area contributed by atoms with E-state index in [1.165, 1.54) is 10.4 Å². The fraction of sp³-hybridized carbons (Fsp3) is 0.312. The summed E-state index contributed by atoms with van der Waals surface area (Å²) >= 11 is 7.24. The summed E-state index contributed by atoms with van der Waals surface area (Å²) in [6.45, 7) is 2.91. The summed E-state index contributed by atoms with van der Waals surface area (Å²) in [6.07, 6.45) is 1.70. The molecule has 0 saturated carbocycles. The molecule has 2 aromatic rings. The third-order valence-corrected chi connectivity index (χ3v) is 7.19. The van der Waals surface area contributed by atoms with Crippen LogP contribution < -0.4 is 5.32 Å². The summed E-state index contributed by atoms with van der Waals surface area (Å²) in [5, 5.41) is 4.74. The topological polar surface area (TPSA) is 66.5 Å². The molecular formula is C16H17ClN2O3S2. The van der Waals surface area contributed by atoms with Gasteiger partial charge in [0.25, 0.3) is 5.91 Å². The molecule has 1 aliphatic rings. The standard InChI is InChI=1S/C16H17ClN2O3S2/c1-11-4-5-13(12(17)10-11)18-16(20)15-14(6-9-23-15)24(21,22)19-7-2-3-8-19/h4-6,9-10H,2-3,7-8H2,1H3,(H,18,20). The first kappa shape index (κ1) is 17.4. The molecule has 0 radical (unpaired) electrons. The van der Waals surface area contributed by atoms with Gasteiger partial charge in [-0.05, 0) is 48.9 Å². The zero-order chi connectivity index (χ0) is 17.3. The van der Waals surface area contributed by atoms with E-state index in [1.54, 1.807) is 17.5 Å². The maximum atomic E-state index is 12.7. The lowest BCUT2D eigenvalue weighted by atomic mass is 10.2. The molecule has 1 saturated heterocycles. The normalized spacial score (nSPS) is 15.6. The van der Waals surface area contributed by atoms with Crippen molar-refractivity contribution in [2.75, 3.05) is 18.4 Å². The molecular weight excluding hydrogens is 368 g/mol. The average Bonchev–Trinajstić information content (AvgIpc) is 3.21. The Labute approximate surface area is 150 Å². The van der Waals surface area contributed by atoms with Crippen LogP contribution in [0.15, 0.2) is 34.5 Å². The van der Waals surface area contributed by atoms with E-state index in [1.807, 2.05) is 13.0 Å². The van der Waals surface area contributed by atoms with Crippen molar-refractivity contribution in [2.45, 2.75) is 24.7 Å². The molecule has 1 aromatic carbocycles. The van der Waals surface area contributed by atoms with E-state index in [-0.39, 0.29) is 9.77 Å². The number of amides is 1. The smallest absolute Gasteiger partial charge is 0.267 e. The number of benzene rings is 1. The van der Waals surface area contributed by atoms with Gasteiger partial charge < -0.3 is 5.32 Å². The molecule has 5 nitrogen and oxygen atoms in total. The lowest BCUT2D eigenvalue weighted by molar-refractivity contribution is 0.102. The number of anilines is 1. The minimum Gasteiger partial charge on any atom is -0.320 e. The van der Waals surface area contributed by atoms with Gasteiger partial charge in [-0.2, -0.15) is 4.31 Å². The van der Waals surface area contributed by atoms with E-state index in [2.05, 4.69) is 5.32 Å². The molecule has 1 amide bonds. The van der Waals surface area contributed by atoms with Crippen LogP contribution in [0.2, 0.25) is 5.02 Å². The van der Waals surface area contributed by atoms with Gasteiger partial charge >= 0.3 is 0 Å². The molecule has 24 heavy (non-hydrogen) atoms. The Hall–Kier alpha value is -1.41. The van der Waals surface area contributed by atoms with E-state index >= 15 is 0 Å². The summed E-state index contributed by atoms with van der Waals surface area (Å²) in [7, 11) is -3.63. The van der Waals surface area contributed by atoms with E-state index < -0.39 is 15.9 Å². The van der Waals surface area contributed by atoms with E-state index in [4.69, 9.17) is 11.6 Å². The van der Waals surface area contributed by atoms with Gasteiger partial charge in [0.05, 0.1) is 10.7 Å². The second-order valence-electron chi connectivity index (χ2n) is 5.66. The van der Waals surface area contributed by atoms with E-state index in [0.29, 0.717) is 23.8 Å². The fourth-order valence-electron chi connectivity index (χ4n) is 2.63. The molecule has 8 heteroatoms. The number of carbonyl (C=O) groups excluding carboxylic acids is 1. The van der Waals surface area contributed by atoms with Gasteiger partial charge in [0, 0.05) is 13.1 Å². The van der Waals surface area contributed by atoms with Crippen LogP contribution in [0.1, 0.15) is 28.1 Å². The number of aryl methyl sites for hydroxylation is 1. The molecule has 0 unspecified atom stereocenters.